The molecule has 3 N–H and O–H groups in total. The number of amides is 1. The fourth-order valence-corrected chi connectivity index (χ4v) is 2.63. The first-order chi connectivity index (χ1) is 10.1. The zero-order valence-corrected chi connectivity index (χ0v) is 12.5. The lowest BCUT2D eigenvalue weighted by molar-refractivity contribution is 0.0756. The molecular formula is C15H24N4O2. The van der Waals surface area contributed by atoms with Gasteiger partial charge in [0.05, 0.1) is 11.7 Å². The van der Waals surface area contributed by atoms with Gasteiger partial charge < -0.3 is 15.7 Å². The number of aliphatic hydroxyl groups is 1. The summed E-state index contributed by atoms with van der Waals surface area (Å²) < 4.78 is 0. The van der Waals surface area contributed by atoms with E-state index in [1.54, 1.807) is 19.3 Å². The monoisotopic (exact) mass is 292 g/mol. The molecule has 1 aromatic rings. The third-order valence-corrected chi connectivity index (χ3v) is 3.68. The number of β-amino-alcohol motifs (C(OH)–C–C–N with tert-alkyl or cyclic N) is 1. The summed E-state index contributed by atoms with van der Waals surface area (Å²) >= 11 is 0. The molecule has 116 valence electrons. The molecule has 1 atom stereocenters. The van der Waals surface area contributed by atoms with Gasteiger partial charge >= 0.3 is 0 Å². The number of nitrogens with two attached hydrogens (primary N) is 1. The van der Waals surface area contributed by atoms with Gasteiger partial charge in [-0.3, -0.25) is 14.7 Å². The fraction of sp³-hybridized carbons (Fsp3) is 0.600. The molecular weight excluding hydrogens is 268 g/mol. The third-order valence-electron chi connectivity index (χ3n) is 3.68. The molecule has 0 aromatic carbocycles. The van der Waals surface area contributed by atoms with Gasteiger partial charge in [-0.05, 0) is 31.5 Å². The van der Waals surface area contributed by atoms with Crippen LogP contribution in [0.25, 0.3) is 0 Å². The summed E-state index contributed by atoms with van der Waals surface area (Å²) in [6.45, 7) is 5.96. The number of pyridine rings is 1. The zero-order valence-electron chi connectivity index (χ0n) is 12.5. The number of hydrogen-bond donors (Lipinski definition) is 2. The second-order valence-corrected chi connectivity index (χ2v) is 5.58. The minimum absolute atomic E-state index is 0.0108. The zero-order chi connectivity index (χ0) is 15.2. The van der Waals surface area contributed by atoms with Crippen LogP contribution < -0.4 is 5.73 Å². The fourth-order valence-electron chi connectivity index (χ4n) is 2.63. The van der Waals surface area contributed by atoms with Crippen LogP contribution in [0.3, 0.4) is 0 Å². The van der Waals surface area contributed by atoms with Gasteiger partial charge in [-0.1, -0.05) is 0 Å². The molecule has 1 aliphatic heterocycles. The van der Waals surface area contributed by atoms with E-state index < -0.39 is 0 Å². The van der Waals surface area contributed by atoms with Crippen LogP contribution in [0, 0.1) is 0 Å². The van der Waals surface area contributed by atoms with Crippen LogP contribution in [0.5, 0.6) is 0 Å². The molecule has 0 saturated carbocycles. The average Bonchev–Trinajstić information content (AvgIpc) is 2.71. The highest BCUT2D eigenvalue weighted by atomic mass is 16.3. The van der Waals surface area contributed by atoms with Crippen molar-refractivity contribution < 1.29 is 9.90 Å². The number of rotatable bonds is 4. The van der Waals surface area contributed by atoms with E-state index in [2.05, 4.69) is 9.88 Å². The molecule has 1 saturated heterocycles. The van der Waals surface area contributed by atoms with Crippen LogP contribution in [-0.4, -0.2) is 64.6 Å². The van der Waals surface area contributed by atoms with Gasteiger partial charge in [0.15, 0.2) is 0 Å². The maximum atomic E-state index is 12.5. The molecule has 6 heteroatoms. The Kier molecular flexibility index (Phi) is 5.67. The molecule has 0 radical (unpaired) electrons. The Labute approximate surface area is 125 Å². The Bertz CT molecular complexity index is 478. The topological polar surface area (TPSA) is 82.7 Å². The van der Waals surface area contributed by atoms with Crippen LogP contribution in [0.15, 0.2) is 18.5 Å². The molecule has 1 fully saturated rings. The smallest absolute Gasteiger partial charge is 0.255 e. The first-order valence-electron chi connectivity index (χ1n) is 7.44. The predicted octanol–water partition coefficient (Wildman–Crippen LogP) is 0.0690. The normalized spacial score (nSPS) is 18.3. The van der Waals surface area contributed by atoms with Crippen molar-refractivity contribution in [2.75, 3.05) is 32.7 Å². The Morgan fingerprint density at radius 1 is 1.38 bits per heavy atom. The Hall–Kier alpha value is -1.50. The number of nitrogens with zero attached hydrogens (tertiary/aromatic N) is 3. The molecule has 0 spiro atoms. The summed E-state index contributed by atoms with van der Waals surface area (Å²) in [5.74, 6) is 0.0108. The maximum Gasteiger partial charge on any atom is 0.255 e. The minimum atomic E-state index is -0.335. The molecule has 21 heavy (non-hydrogen) atoms. The number of aromatic nitrogens is 1. The average molecular weight is 292 g/mol. The highest BCUT2D eigenvalue weighted by Crippen LogP contribution is 2.10. The van der Waals surface area contributed by atoms with Crippen molar-refractivity contribution in [3.05, 3.63) is 29.6 Å². The largest absolute Gasteiger partial charge is 0.392 e. The van der Waals surface area contributed by atoms with E-state index in [9.17, 15) is 9.90 Å². The van der Waals surface area contributed by atoms with Crippen LogP contribution >= 0.6 is 0 Å². The predicted molar refractivity (Wildman–Crippen MR) is 80.8 cm³/mol. The second-order valence-electron chi connectivity index (χ2n) is 5.58. The highest BCUT2D eigenvalue weighted by molar-refractivity contribution is 5.94. The van der Waals surface area contributed by atoms with Gasteiger partial charge in [0.1, 0.15) is 0 Å². The Balaban J connectivity index is 1.99. The van der Waals surface area contributed by atoms with Gasteiger partial charge in [-0.25, -0.2) is 0 Å². The van der Waals surface area contributed by atoms with E-state index in [0.717, 1.165) is 31.6 Å². The van der Waals surface area contributed by atoms with Crippen molar-refractivity contribution in [1.82, 2.24) is 14.8 Å². The molecule has 2 heterocycles. The lowest BCUT2D eigenvalue weighted by atomic mass is 10.2. The van der Waals surface area contributed by atoms with Crippen molar-refractivity contribution in [2.24, 2.45) is 5.73 Å². The minimum Gasteiger partial charge on any atom is -0.392 e. The molecule has 0 aliphatic carbocycles. The third kappa shape index (κ3) is 4.49. The van der Waals surface area contributed by atoms with Gasteiger partial charge in [0.25, 0.3) is 5.91 Å². The van der Waals surface area contributed by atoms with Gasteiger partial charge in [-0.15, -0.1) is 0 Å². The highest BCUT2D eigenvalue weighted by Gasteiger charge is 2.21. The summed E-state index contributed by atoms with van der Waals surface area (Å²) in [5, 5.41) is 9.46. The van der Waals surface area contributed by atoms with E-state index in [-0.39, 0.29) is 12.0 Å². The van der Waals surface area contributed by atoms with E-state index in [1.165, 1.54) is 0 Å². The Morgan fingerprint density at radius 2 is 2.19 bits per heavy atom. The number of carbonyl (C=O) groups excluding carboxylic acids is 1. The van der Waals surface area contributed by atoms with Crippen LogP contribution in [0.1, 0.15) is 29.3 Å². The SMILES string of the molecule is CC(O)CN1CCCN(C(=O)c2cncc(CN)c2)CC1. The molecule has 1 aromatic heterocycles. The molecule has 6 nitrogen and oxygen atoms in total. The van der Waals surface area contributed by atoms with E-state index in [0.29, 0.717) is 25.2 Å². The quantitative estimate of drug-likeness (QED) is 0.820. The number of aliphatic hydroxyl groups excluding tert-OH is 1. The van der Waals surface area contributed by atoms with Crippen molar-refractivity contribution in [2.45, 2.75) is 26.0 Å². The van der Waals surface area contributed by atoms with Crippen molar-refractivity contribution in [1.29, 1.82) is 0 Å². The van der Waals surface area contributed by atoms with Crippen molar-refractivity contribution in [3.8, 4) is 0 Å². The standard InChI is InChI=1S/C15H24N4O2/c1-12(20)11-18-3-2-4-19(6-5-18)15(21)14-7-13(8-16)9-17-10-14/h7,9-10,12,20H,2-6,8,11,16H2,1H3. The van der Waals surface area contributed by atoms with Crippen molar-refractivity contribution >= 4 is 5.91 Å². The van der Waals surface area contributed by atoms with Crippen molar-refractivity contribution in [3.63, 3.8) is 0 Å². The van der Waals surface area contributed by atoms with E-state index >= 15 is 0 Å². The summed E-state index contributed by atoms with van der Waals surface area (Å²) in [4.78, 5) is 20.7. The molecule has 1 amide bonds. The molecule has 2 rings (SSSR count). The molecule has 1 unspecified atom stereocenters. The lowest BCUT2D eigenvalue weighted by Crippen LogP contribution is -2.37. The summed E-state index contributed by atoms with van der Waals surface area (Å²) in [6, 6.07) is 1.81. The maximum absolute atomic E-state index is 12.5. The first-order valence-corrected chi connectivity index (χ1v) is 7.44. The Morgan fingerprint density at radius 3 is 2.90 bits per heavy atom. The van der Waals surface area contributed by atoms with E-state index in [4.69, 9.17) is 5.73 Å². The number of hydrogen-bond acceptors (Lipinski definition) is 5. The van der Waals surface area contributed by atoms with Gasteiger partial charge in [0, 0.05) is 45.1 Å². The van der Waals surface area contributed by atoms with Crippen LogP contribution in [0.2, 0.25) is 0 Å². The summed E-state index contributed by atoms with van der Waals surface area (Å²) in [7, 11) is 0. The first kappa shape index (κ1) is 15.9. The lowest BCUT2D eigenvalue weighted by Gasteiger charge is -2.23. The van der Waals surface area contributed by atoms with Gasteiger partial charge in [0.2, 0.25) is 0 Å². The summed E-state index contributed by atoms with van der Waals surface area (Å²) in [6.07, 6.45) is 3.86. The number of carbonyl (C=O) groups is 1. The van der Waals surface area contributed by atoms with Crippen LogP contribution in [-0.2, 0) is 6.54 Å². The second kappa shape index (κ2) is 7.49. The van der Waals surface area contributed by atoms with E-state index in [1.807, 2.05) is 11.0 Å². The molecule has 1 aliphatic rings. The van der Waals surface area contributed by atoms with Crippen LogP contribution in [0.4, 0.5) is 0 Å². The summed E-state index contributed by atoms with van der Waals surface area (Å²) in [5.41, 5.74) is 7.06. The molecule has 0 bridgehead atoms. The van der Waals surface area contributed by atoms with Gasteiger partial charge in [-0.2, -0.15) is 0 Å².